The second-order valence-corrected chi connectivity index (χ2v) is 3.92. The molecular weight excluding hydrogens is 184 g/mol. The Hall–Kier alpha value is -1.89. The molecular formula is C14H10O. The van der Waals surface area contributed by atoms with E-state index in [0.29, 0.717) is 0 Å². The van der Waals surface area contributed by atoms with Gasteiger partial charge in [0, 0.05) is 11.1 Å². The summed E-state index contributed by atoms with van der Waals surface area (Å²) < 4.78 is 0. The average Bonchev–Trinajstić information content (AvgIpc) is 2.54. The molecule has 0 aromatic heterocycles. The Labute approximate surface area is 88.4 Å². The highest BCUT2D eigenvalue weighted by Crippen LogP contribution is 2.36. The molecule has 0 N–H and O–H groups in total. The zero-order chi connectivity index (χ0) is 10.4. The van der Waals surface area contributed by atoms with Crippen molar-refractivity contribution in [2.45, 2.75) is 6.92 Å². The SMILES string of the molecule is Cc1ccc2c(c1)-c1ccccc1C2=O. The fourth-order valence-electron chi connectivity index (χ4n) is 2.14. The summed E-state index contributed by atoms with van der Waals surface area (Å²) in [5.41, 5.74) is 5.01. The van der Waals surface area contributed by atoms with Crippen LogP contribution in [0.3, 0.4) is 0 Å². The Morgan fingerprint density at radius 2 is 1.47 bits per heavy atom. The topological polar surface area (TPSA) is 17.1 Å². The van der Waals surface area contributed by atoms with E-state index in [1.54, 1.807) is 0 Å². The molecule has 0 fully saturated rings. The van der Waals surface area contributed by atoms with Crippen LogP contribution in [0.4, 0.5) is 0 Å². The highest BCUT2D eigenvalue weighted by atomic mass is 16.1. The number of carbonyl (C=O) groups is 1. The van der Waals surface area contributed by atoms with E-state index in [1.807, 2.05) is 43.3 Å². The lowest BCUT2D eigenvalue weighted by Gasteiger charge is -1.99. The number of benzene rings is 2. The van der Waals surface area contributed by atoms with Crippen LogP contribution in [0, 0.1) is 6.92 Å². The van der Waals surface area contributed by atoms with E-state index >= 15 is 0 Å². The first-order chi connectivity index (χ1) is 7.27. The predicted octanol–water partition coefficient (Wildman–Crippen LogP) is 3.21. The van der Waals surface area contributed by atoms with Crippen LogP contribution in [-0.4, -0.2) is 5.78 Å². The number of ketones is 1. The molecule has 1 aliphatic carbocycles. The van der Waals surface area contributed by atoms with Gasteiger partial charge in [0.25, 0.3) is 0 Å². The van der Waals surface area contributed by atoms with Gasteiger partial charge in [-0.15, -0.1) is 0 Å². The van der Waals surface area contributed by atoms with Gasteiger partial charge >= 0.3 is 0 Å². The van der Waals surface area contributed by atoms with Gasteiger partial charge in [0.05, 0.1) is 0 Å². The van der Waals surface area contributed by atoms with E-state index in [-0.39, 0.29) is 5.78 Å². The first-order valence-electron chi connectivity index (χ1n) is 5.02. The Kier molecular flexibility index (Phi) is 1.57. The Balaban J connectivity index is 2.39. The normalized spacial score (nSPS) is 12.5. The van der Waals surface area contributed by atoms with Crippen LogP contribution in [0.25, 0.3) is 11.1 Å². The van der Waals surface area contributed by atoms with Crippen molar-refractivity contribution in [2.24, 2.45) is 0 Å². The minimum Gasteiger partial charge on any atom is -0.289 e. The number of hydrogen-bond donors (Lipinski definition) is 0. The summed E-state index contributed by atoms with van der Waals surface area (Å²) >= 11 is 0. The standard InChI is InChI=1S/C14H10O/c1-9-6-7-12-13(8-9)10-4-2-3-5-11(10)14(12)15/h2-8H,1H3. The molecule has 0 atom stereocenters. The number of carbonyl (C=O) groups excluding carboxylic acids is 1. The molecule has 0 spiro atoms. The lowest BCUT2D eigenvalue weighted by Crippen LogP contribution is -1.94. The molecule has 2 aromatic rings. The van der Waals surface area contributed by atoms with E-state index in [2.05, 4.69) is 6.07 Å². The Morgan fingerprint density at radius 1 is 0.800 bits per heavy atom. The van der Waals surface area contributed by atoms with E-state index in [9.17, 15) is 4.79 Å². The van der Waals surface area contributed by atoms with Crippen molar-refractivity contribution >= 4 is 5.78 Å². The fourth-order valence-corrected chi connectivity index (χ4v) is 2.14. The minimum atomic E-state index is 0.153. The van der Waals surface area contributed by atoms with Gasteiger partial charge < -0.3 is 0 Å². The number of fused-ring (bicyclic) bond motifs is 3. The van der Waals surface area contributed by atoms with Gasteiger partial charge in [-0.25, -0.2) is 0 Å². The first kappa shape index (κ1) is 8.42. The van der Waals surface area contributed by atoms with Gasteiger partial charge in [-0.2, -0.15) is 0 Å². The van der Waals surface area contributed by atoms with Gasteiger partial charge in [0.2, 0.25) is 0 Å². The third-order valence-corrected chi connectivity index (χ3v) is 2.88. The zero-order valence-electron chi connectivity index (χ0n) is 8.45. The molecule has 2 aromatic carbocycles. The largest absolute Gasteiger partial charge is 0.289 e. The zero-order valence-corrected chi connectivity index (χ0v) is 8.45. The highest BCUT2D eigenvalue weighted by Gasteiger charge is 2.25. The van der Waals surface area contributed by atoms with Gasteiger partial charge in [-0.3, -0.25) is 4.79 Å². The number of hydrogen-bond acceptors (Lipinski definition) is 1. The molecule has 0 heterocycles. The van der Waals surface area contributed by atoms with Crippen LogP contribution in [0.5, 0.6) is 0 Å². The summed E-state index contributed by atoms with van der Waals surface area (Å²) in [4.78, 5) is 12.0. The fraction of sp³-hybridized carbons (Fsp3) is 0.0714. The Morgan fingerprint density at radius 3 is 2.27 bits per heavy atom. The first-order valence-corrected chi connectivity index (χ1v) is 5.02. The molecule has 0 saturated heterocycles. The monoisotopic (exact) mass is 194 g/mol. The van der Waals surface area contributed by atoms with Crippen molar-refractivity contribution in [3.05, 3.63) is 59.2 Å². The van der Waals surface area contributed by atoms with Crippen LogP contribution < -0.4 is 0 Å². The summed E-state index contributed by atoms with van der Waals surface area (Å²) in [5.74, 6) is 0.153. The summed E-state index contributed by atoms with van der Waals surface area (Å²) in [6.45, 7) is 2.05. The quantitative estimate of drug-likeness (QED) is 0.537. The van der Waals surface area contributed by atoms with Crippen molar-refractivity contribution < 1.29 is 4.79 Å². The summed E-state index contributed by atoms with van der Waals surface area (Å²) in [6, 6.07) is 13.8. The molecule has 1 heteroatoms. The van der Waals surface area contributed by atoms with Crippen molar-refractivity contribution in [3.8, 4) is 11.1 Å². The Bertz CT molecular complexity index is 567. The van der Waals surface area contributed by atoms with Crippen LogP contribution in [-0.2, 0) is 0 Å². The van der Waals surface area contributed by atoms with Crippen molar-refractivity contribution in [2.75, 3.05) is 0 Å². The van der Waals surface area contributed by atoms with Crippen LogP contribution in [0.15, 0.2) is 42.5 Å². The third-order valence-electron chi connectivity index (χ3n) is 2.88. The molecule has 0 radical (unpaired) electrons. The lowest BCUT2D eigenvalue weighted by atomic mass is 10.0. The van der Waals surface area contributed by atoms with E-state index in [4.69, 9.17) is 0 Å². The predicted molar refractivity (Wildman–Crippen MR) is 60.0 cm³/mol. The van der Waals surface area contributed by atoms with Gasteiger partial charge in [-0.1, -0.05) is 48.0 Å². The maximum absolute atomic E-state index is 12.0. The average molecular weight is 194 g/mol. The molecule has 0 bridgehead atoms. The smallest absolute Gasteiger partial charge is 0.194 e. The maximum atomic E-state index is 12.0. The molecule has 0 saturated carbocycles. The second-order valence-electron chi connectivity index (χ2n) is 3.92. The van der Waals surface area contributed by atoms with E-state index in [1.165, 1.54) is 5.56 Å². The summed E-state index contributed by atoms with van der Waals surface area (Å²) in [7, 11) is 0. The molecule has 1 aliphatic rings. The van der Waals surface area contributed by atoms with Crippen molar-refractivity contribution in [3.63, 3.8) is 0 Å². The van der Waals surface area contributed by atoms with Crippen LogP contribution in [0.1, 0.15) is 21.5 Å². The number of aryl methyl sites for hydroxylation is 1. The molecule has 0 amide bonds. The summed E-state index contributed by atoms with van der Waals surface area (Å²) in [5, 5.41) is 0. The molecule has 3 rings (SSSR count). The van der Waals surface area contributed by atoms with Gasteiger partial charge in [0.15, 0.2) is 5.78 Å². The third kappa shape index (κ3) is 1.06. The lowest BCUT2D eigenvalue weighted by molar-refractivity contribution is 0.104. The highest BCUT2D eigenvalue weighted by molar-refractivity contribution is 6.21. The molecule has 15 heavy (non-hydrogen) atoms. The van der Waals surface area contributed by atoms with Gasteiger partial charge in [-0.05, 0) is 18.1 Å². The van der Waals surface area contributed by atoms with Crippen LogP contribution >= 0.6 is 0 Å². The molecule has 0 aliphatic heterocycles. The van der Waals surface area contributed by atoms with Gasteiger partial charge in [0.1, 0.15) is 0 Å². The second kappa shape index (κ2) is 2.80. The van der Waals surface area contributed by atoms with E-state index in [0.717, 1.165) is 22.3 Å². The summed E-state index contributed by atoms with van der Waals surface area (Å²) in [6.07, 6.45) is 0. The van der Waals surface area contributed by atoms with Crippen molar-refractivity contribution in [1.82, 2.24) is 0 Å². The number of rotatable bonds is 0. The van der Waals surface area contributed by atoms with Crippen LogP contribution in [0.2, 0.25) is 0 Å². The van der Waals surface area contributed by atoms with E-state index < -0.39 is 0 Å². The van der Waals surface area contributed by atoms with Crippen molar-refractivity contribution in [1.29, 1.82) is 0 Å². The minimum absolute atomic E-state index is 0.153. The maximum Gasteiger partial charge on any atom is 0.194 e. The molecule has 72 valence electrons. The molecule has 1 nitrogen and oxygen atoms in total. The molecule has 0 unspecified atom stereocenters.